The quantitative estimate of drug-likeness (QED) is 0.252. The smallest absolute Gasteiger partial charge is 0.161 e. The highest BCUT2D eigenvalue weighted by Crippen LogP contribution is 2.31. The van der Waals surface area contributed by atoms with Crippen LogP contribution in [0, 0.1) is 0 Å². The Labute approximate surface area is 155 Å². The zero-order valence-corrected chi connectivity index (χ0v) is 15.8. The number of hydrogen-bond acceptors (Lipinski definition) is 5. The lowest BCUT2D eigenvalue weighted by molar-refractivity contribution is -0.162. The number of ether oxygens (including phenoxy) is 4. The molecule has 0 aromatic heterocycles. The highest BCUT2D eigenvalue weighted by atomic mass is 16.7. The summed E-state index contributed by atoms with van der Waals surface area (Å²) in [4.78, 5) is 2.83. The molecule has 1 saturated heterocycles. The third-order valence-electron chi connectivity index (χ3n) is 4.53. The zero-order chi connectivity index (χ0) is 18.6. The summed E-state index contributed by atoms with van der Waals surface area (Å²) >= 11 is 0. The molecule has 0 amide bonds. The predicted octanol–water partition coefficient (Wildman–Crippen LogP) is 4.42. The van der Waals surface area contributed by atoms with Gasteiger partial charge >= 0.3 is 0 Å². The van der Waals surface area contributed by atoms with E-state index < -0.39 is 0 Å². The van der Waals surface area contributed by atoms with Crippen molar-refractivity contribution in [2.24, 2.45) is 5.11 Å². The van der Waals surface area contributed by atoms with Crippen molar-refractivity contribution in [1.29, 1.82) is 0 Å². The molecule has 1 heterocycles. The number of nitrogens with zero attached hydrogens (tertiary/aromatic N) is 3. The maximum atomic E-state index is 8.49. The van der Waals surface area contributed by atoms with E-state index in [4.69, 9.17) is 24.5 Å². The van der Waals surface area contributed by atoms with Gasteiger partial charge in [-0.2, -0.15) is 0 Å². The molecule has 0 radical (unpaired) electrons. The Morgan fingerprint density at radius 2 is 1.85 bits per heavy atom. The molecule has 0 spiro atoms. The molecule has 7 heteroatoms. The van der Waals surface area contributed by atoms with Crippen LogP contribution < -0.4 is 9.47 Å². The fourth-order valence-electron chi connectivity index (χ4n) is 3.12. The number of benzene rings is 1. The van der Waals surface area contributed by atoms with Gasteiger partial charge in [0.25, 0.3) is 0 Å². The summed E-state index contributed by atoms with van der Waals surface area (Å²) in [6, 6.07) is 4.00. The lowest BCUT2D eigenvalue weighted by atomic mass is 9.98. The van der Waals surface area contributed by atoms with Crippen molar-refractivity contribution in [3.05, 3.63) is 33.7 Å². The monoisotopic (exact) mass is 363 g/mol. The van der Waals surface area contributed by atoms with Gasteiger partial charge in [-0.25, -0.2) is 0 Å². The summed E-state index contributed by atoms with van der Waals surface area (Å²) in [6.45, 7) is 1.96. The molecule has 1 aromatic carbocycles. The van der Waals surface area contributed by atoms with Crippen molar-refractivity contribution in [3.8, 4) is 11.5 Å². The first-order valence-corrected chi connectivity index (χ1v) is 9.26. The van der Waals surface area contributed by atoms with E-state index in [1.54, 1.807) is 14.2 Å². The summed E-state index contributed by atoms with van der Waals surface area (Å²) < 4.78 is 22.2. The first-order chi connectivity index (χ1) is 12.8. The molecule has 0 aliphatic carbocycles. The van der Waals surface area contributed by atoms with E-state index in [2.05, 4.69) is 10.0 Å². The molecule has 1 atom stereocenters. The van der Waals surface area contributed by atoms with Gasteiger partial charge in [-0.3, -0.25) is 0 Å². The Kier molecular flexibility index (Phi) is 9.10. The minimum Gasteiger partial charge on any atom is -0.493 e. The Bertz CT molecular complexity index is 597. The van der Waals surface area contributed by atoms with Gasteiger partial charge in [-0.05, 0) is 73.7 Å². The van der Waals surface area contributed by atoms with Gasteiger partial charge in [-0.1, -0.05) is 5.11 Å². The van der Waals surface area contributed by atoms with Crippen molar-refractivity contribution >= 4 is 0 Å². The third kappa shape index (κ3) is 6.41. The highest BCUT2D eigenvalue weighted by molar-refractivity contribution is 5.47. The summed E-state index contributed by atoms with van der Waals surface area (Å²) in [5, 5.41) is 3.64. The summed E-state index contributed by atoms with van der Waals surface area (Å²) in [5.74, 6) is 1.42. The number of unbranched alkanes of at least 4 members (excludes halogenated alkanes) is 1. The molecule has 1 aromatic rings. The molecule has 26 heavy (non-hydrogen) atoms. The molecule has 7 nitrogen and oxygen atoms in total. The van der Waals surface area contributed by atoms with E-state index in [0.29, 0.717) is 25.3 Å². The van der Waals surface area contributed by atoms with Crippen molar-refractivity contribution in [2.75, 3.05) is 34.0 Å². The van der Waals surface area contributed by atoms with Crippen molar-refractivity contribution in [1.82, 2.24) is 0 Å². The second kappa shape index (κ2) is 11.6. The zero-order valence-electron chi connectivity index (χ0n) is 15.8. The van der Waals surface area contributed by atoms with E-state index in [9.17, 15) is 0 Å². The van der Waals surface area contributed by atoms with Crippen LogP contribution in [0.3, 0.4) is 0 Å². The molecule has 1 fully saturated rings. The number of hydrogen-bond donors (Lipinski definition) is 0. The van der Waals surface area contributed by atoms with Crippen LogP contribution in [0.25, 0.3) is 10.4 Å². The fraction of sp³-hybridized carbons (Fsp3) is 0.684. The maximum absolute atomic E-state index is 8.49. The second-order valence-corrected chi connectivity index (χ2v) is 6.30. The largest absolute Gasteiger partial charge is 0.493 e. The van der Waals surface area contributed by atoms with Gasteiger partial charge in [0, 0.05) is 24.7 Å². The third-order valence-corrected chi connectivity index (χ3v) is 4.53. The number of methoxy groups -OCH3 is 2. The number of rotatable bonds is 11. The molecule has 0 N–H and O–H groups in total. The molecule has 144 valence electrons. The van der Waals surface area contributed by atoms with Crippen LogP contribution in [0.15, 0.2) is 17.2 Å². The van der Waals surface area contributed by atoms with E-state index in [0.717, 1.165) is 50.0 Å². The van der Waals surface area contributed by atoms with Crippen LogP contribution in [0.4, 0.5) is 0 Å². The topological polar surface area (TPSA) is 85.7 Å². The molecule has 1 unspecified atom stereocenters. The van der Waals surface area contributed by atoms with E-state index in [1.807, 2.05) is 12.1 Å². The normalized spacial score (nSPS) is 16.8. The van der Waals surface area contributed by atoms with Gasteiger partial charge in [-0.15, -0.1) is 0 Å². The van der Waals surface area contributed by atoms with Crippen LogP contribution in [-0.2, 0) is 22.3 Å². The minimum atomic E-state index is -0.0239. The lowest BCUT2D eigenvalue weighted by Gasteiger charge is -2.22. The molecule has 0 bridgehead atoms. The van der Waals surface area contributed by atoms with Crippen LogP contribution in [0.1, 0.15) is 43.2 Å². The van der Waals surface area contributed by atoms with Crippen LogP contribution >= 0.6 is 0 Å². The minimum absolute atomic E-state index is 0.0239. The van der Waals surface area contributed by atoms with Gasteiger partial charge in [0.1, 0.15) is 0 Å². The first-order valence-electron chi connectivity index (χ1n) is 9.26. The van der Waals surface area contributed by atoms with Crippen molar-refractivity contribution < 1.29 is 18.9 Å². The number of azide groups is 1. The predicted molar refractivity (Wildman–Crippen MR) is 99.7 cm³/mol. The summed E-state index contributed by atoms with van der Waals surface area (Å²) in [7, 11) is 3.26. The van der Waals surface area contributed by atoms with Crippen molar-refractivity contribution in [2.45, 2.75) is 51.2 Å². The molecular weight excluding hydrogens is 334 g/mol. The molecule has 0 saturated carbocycles. The van der Waals surface area contributed by atoms with Crippen LogP contribution in [0.2, 0.25) is 0 Å². The van der Waals surface area contributed by atoms with Crippen LogP contribution in [0.5, 0.6) is 11.5 Å². The van der Waals surface area contributed by atoms with Gasteiger partial charge in [0.05, 0.1) is 14.2 Å². The molecule has 1 aliphatic heterocycles. The first kappa shape index (κ1) is 20.4. The van der Waals surface area contributed by atoms with E-state index in [-0.39, 0.29) is 6.29 Å². The summed E-state index contributed by atoms with van der Waals surface area (Å²) in [5.41, 5.74) is 10.8. The summed E-state index contributed by atoms with van der Waals surface area (Å²) in [6.07, 6.45) is 6.89. The average Bonchev–Trinajstić information content (AvgIpc) is 2.69. The van der Waals surface area contributed by atoms with Gasteiger partial charge in [0.15, 0.2) is 17.8 Å². The SMILES string of the molecule is COc1cc(CCCCOC2CCCCO2)c(CCN=[N+]=[N-])cc1OC. The van der Waals surface area contributed by atoms with E-state index >= 15 is 0 Å². The Morgan fingerprint density at radius 3 is 2.46 bits per heavy atom. The molecule has 2 rings (SSSR count). The molecule has 1 aliphatic rings. The van der Waals surface area contributed by atoms with Crippen LogP contribution in [-0.4, -0.2) is 40.3 Å². The second-order valence-electron chi connectivity index (χ2n) is 6.30. The average molecular weight is 363 g/mol. The molecular formula is C19H29N3O4. The van der Waals surface area contributed by atoms with Gasteiger partial charge < -0.3 is 18.9 Å². The maximum Gasteiger partial charge on any atom is 0.161 e. The van der Waals surface area contributed by atoms with Gasteiger partial charge in [0.2, 0.25) is 0 Å². The Balaban J connectivity index is 1.89. The van der Waals surface area contributed by atoms with E-state index in [1.165, 1.54) is 12.0 Å². The lowest BCUT2D eigenvalue weighted by Crippen LogP contribution is -2.22. The Morgan fingerprint density at radius 1 is 1.12 bits per heavy atom. The Hall–Kier alpha value is -1.95. The fourth-order valence-corrected chi connectivity index (χ4v) is 3.12. The highest BCUT2D eigenvalue weighted by Gasteiger charge is 2.14. The standard InChI is InChI=1S/C19H29N3O4/c1-23-17-13-15(16(9-10-21-22-20)14-18(17)24-2)7-3-5-11-25-19-8-4-6-12-26-19/h13-14,19H,3-12H2,1-2H3. The number of aryl methyl sites for hydroxylation is 1. The van der Waals surface area contributed by atoms with Crippen molar-refractivity contribution in [3.63, 3.8) is 0 Å².